The van der Waals surface area contributed by atoms with Crippen LogP contribution in [0.4, 0.5) is 0 Å². The molecule has 89 heavy (non-hydrogen) atoms. The minimum Gasteiger partial charge on any atom is -0.467 e. The van der Waals surface area contributed by atoms with E-state index in [1.165, 1.54) is 0 Å². The first-order chi connectivity index (χ1) is 42.2. The molecule has 0 saturated carbocycles. The monoisotopic (exact) mass is 1340 g/mol. The number of carbonyl (C=O) groups excluding carboxylic acids is 12. The lowest BCUT2D eigenvalue weighted by Crippen LogP contribution is -2.53. The highest BCUT2D eigenvalue weighted by Gasteiger charge is 2.36. The van der Waals surface area contributed by atoms with Gasteiger partial charge in [0.05, 0.1) is 86.7 Å². The van der Waals surface area contributed by atoms with E-state index < -0.39 is 125 Å². The second kappa shape index (κ2) is 43.6. The Labute approximate surface area is 538 Å². The molecule has 2 aliphatic heterocycles. The molecular weight excluding hydrogens is 1240 g/mol. The summed E-state index contributed by atoms with van der Waals surface area (Å²) in [5.74, 6) is -8.70. The first-order valence-corrected chi connectivity index (χ1v) is 34.6. The van der Waals surface area contributed by atoms with Crippen LogP contribution in [0.5, 0.6) is 0 Å². The van der Waals surface area contributed by atoms with Crippen LogP contribution in [-0.4, -0.2) is 224 Å². The van der Waals surface area contributed by atoms with E-state index in [4.69, 9.17) is 37.9 Å². The number of ether oxygens (including phenoxy) is 8. The minimum atomic E-state index is -1.33. The summed E-state index contributed by atoms with van der Waals surface area (Å²) >= 11 is 0. The summed E-state index contributed by atoms with van der Waals surface area (Å²) in [6.45, 7) is 12.8. The van der Waals surface area contributed by atoms with E-state index in [1.807, 2.05) is 55.4 Å². The molecule has 0 aromatic heterocycles. The predicted octanol–water partition coefficient (Wildman–Crippen LogP) is 1.14. The van der Waals surface area contributed by atoms with E-state index in [0.29, 0.717) is 0 Å². The number of methoxy groups -OCH3 is 4. The average molecular weight is 1340 g/mol. The van der Waals surface area contributed by atoms with Gasteiger partial charge < -0.3 is 80.4 Å². The number of rotatable bonds is 12. The van der Waals surface area contributed by atoms with Gasteiger partial charge in [-0.3, -0.25) is 38.4 Å². The molecule has 2 fully saturated rings. The number of hydrogen-bond acceptors (Lipinski definition) is 24. The van der Waals surface area contributed by atoms with Crippen molar-refractivity contribution < 1.29 is 95.4 Å². The topological polar surface area (TPSA) is 375 Å². The third kappa shape index (κ3) is 32.6. The maximum atomic E-state index is 13.9. The molecule has 0 aromatic rings. The molecule has 8 amide bonds. The minimum absolute atomic E-state index is 0.0429. The maximum Gasteiger partial charge on any atom is 0.329 e. The zero-order valence-corrected chi connectivity index (χ0v) is 56.6. The Bertz CT molecular complexity index is 2000. The van der Waals surface area contributed by atoms with Crippen LogP contribution in [0.3, 0.4) is 0 Å². The Morgan fingerprint density at radius 2 is 0.562 bits per heavy atom. The summed E-state index contributed by atoms with van der Waals surface area (Å²) in [7, 11) is 9.05. The lowest BCUT2D eigenvalue weighted by atomic mass is 9.92. The van der Waals surface area contributed by atoms with Gasteiger partial charge >= 0.3 is 23.9 Å². The fourth-order valence-electron chi connectivity index (χ4n) is 8.74. The van der Waals surface area contributed by atoms with Crippen LogP contribution in [0.2, 0.25) is 0 Å². The first kappa shape index (κ1) is 80.0. The van der Waals surface area contributed by atoms with Crippen LogP contribution in [-0.2, 0) is 95.4 Å². The number of esters is 4. The molecule has 0 bridgehead atoms. The second-order valence-electron chi connectivity index (χ2n) is 23.2. The van der Waals surface area contributed by atoms with Gasteiger partial charge in [0.1, 0.15) is 48.3 Å². The van der Waals surface area contributed by atoms with Crippen molar-refractivity contribution in [2.45, 2.75) is 155 Å². The maximum absolute atomic E-state index is 13.9. The zero-order chi connectivity index (χ0) is 66.6. The molecule has 2 saturated heterocycles. The largest absolute Gasteiger partial charge is 0.467 e. The molecule has 2 rings (SSSR count). The zero-order valence-electron chi connectivity index (χ0n) is 53.4. The van der Waals surface area contributed by atoms with Crippen molar-refractivity contribution >= 4 is 114 Å². The highest BCUT2D eigenvalue weighted by atomic mass is 33.1. The molecule has 8 N–H and O–H groups in total. The van der Waals surface area contributed by atoms with Crippen molar-refractivity contribution in [1.29, 1.82) is 0 Å². The quantitative estimate of drug-likeness (QED) is 0.0771. The summed E-state index contributed by atoms with van der Waals surface area (Å²) in [6, 6.07) is -9.21. The molecular formula is C57H96N8O20S4. The van der Waals surface area contributed by atoms with Crippen LogP contribution < -0.4 is 42.5 Å². The summed E-state index contributed by atoms with van der Waals surface area (Å²) in [5.41, 5.74) is -1.33. The lowest BCUT2D eigenvalue weighted by molar-refractivity contribution is -0.145. The van der Waals surface area contributed by atoms with E-state index in [0.717, 1.165) is 71.6 Å². The van der Waals surface area contributed by atoms with Gasteiger partial charge in [-0.25, -0.2) is 19.2 Å². The molecule has 32 heteroatoms. The van der Waals surface area contributed by atoms with Crippen LogP contribution in [0.1, 0.15) is 107 Å². The molecule has 508 valence electrons. The molecule has 0 radical (unpaired) electrons. The number of nitrogens with one attached hydrogen (secondary N) is 8. The van der Waals surface area contributed by atoms with E-state index in [-0.39, 0.29) is 151 Å². The van der Waals surface area contributed by atoms with Gasteiger partial charge in [0.2, 0.25) is 47.3 Å². The Morgan fingerprint density at radius 3 is 0.730 bits per heavy atom. The molecule has 8 atom stereocenters. The SMILES string of the molecule is COC(=O)C1CSSCC(C(=O)OC)NC(=O)[C@H](CC(C)C)NC(=O)CCOCC2(COCCC(=O)NC(CC(C)C)C(=O)N1)COCCC(=O)NC(CC(C)C)C(=O)N[C@H](C(=O)OC)CSSC[C@@H](C(=O)OC)NC(=O)C(CC(C)C)NC(=O)CCOC2. The van der Waals surface area contributed by atoms with E-state index in [9.17, 15) is 57.5 Å². The molecule has 2 aliphatic rings. The third-order valence-electron chi connectivity index (χ3n) is 13.3. The van der Waals surface area contributed by atoms with E-state index >= 15 is 0 Å². The van der Waals surface area contributed by atoms with E-state index in [1.54, 1.807) is 0 Å². The first-order valence-electron chi connectivity index (χ1n) is 29.7. The molecule has 5 unspecified atom stereocenters. The lowest BCUT2D eigenvalue weighted by Gasteiger charge is -2.33. The fraction of sp³-hybridized carbons (Fsp3) is 0.789. The summed E-state index contributed by atoms with van der Waals surface area (Å²) in [6.07, 6.45) is -0.370. The normalized spacial score (nSPS) is 26.6. The highest BCUT2D eigenvalue weighted by molar-refractivity contribution is 8.77. The van der Waals surface area contributed by atoms with Gasteiger partial charge in [-0.2, -0.15) is 0 Å². The van der Waals surface area contributed by atoms with Crippen LogP contribution in [0, 0.1) is 29.1 Å². The van der Waals surface area contributed by atoms with Crippen LogP contribution in [0.15, 0.2) is 0 Å². The third-order valence-corrected chi connectivity index (χ3v) is 18.1. The average Bonchev–Trinajstić information content (AvgIpc) is 3.69. The van der Waals surface area contributed by atoms with Crippen LogP contribution in [0.25, 0.3) is 0 Å². The smallest absolute Gasteiger partial charge is 0.329 e. The predicted molar refractivity (Wildman–Crippen MR) is 335 cm³/mol. The van der Waals surface area contributed by atoms with Crippen molar-refractivity contribution in [3.8, 4) is 0 Å². The van der Waals surface area contributed by atoms with Gasteiger partial charge in [-0.1, -0.05) is 98.6 Å². The van der Waals surface area contributed by atoms with Gasteiger partial charge in [-0.05, 0) is 49.4 Å². The Morgan fingerprint density at radius 1 is 0.371 bits per heavy atom. The number of carbonyl (C=O) groups is 12. The summed E-state index contributed by atoms with van der Waals surface area (Å²) in [5, 5.41) is 21.7. The fourth-order valence-corrected chi connectivity index (χ4v) is 13.3. The molecule has 0 aromatic carbocycles. The van der Waals surface area contributed by atoms with Crippen molar-refractivity contribution in [2.75, 3.05) is 104 Å². The summed E-state index contributed by atoms with van der Waals surface area (Å²) in [4.78, 5) is 162. The molecule has 28 nitrogen and oxygen atoms in total. The van der Waals surface area contributed by atoms with Gasteiger partial charge in [0.25, 0.3) is 0 Å². The Hall–Kier alpha value is -5.12. The van der Waals surface area contributed by atoms with Gasteiger partial charge in [0.15, 0.2) is 0 Å². The van der Waals surface area contributed by atoms with Crippen LogP contribution >= 0.6 is 43.2 Å². The van der Waals surface area contributed by atoms with Crippen molar-refractivity contribution in [1.82, 2.24) is 42.5 Å². The van der Waals surface area contributed by atoms with E-state index in [2.05, 4.69) is 42.5 Å². The molecule has 0 aliphatic carbocycles. The molecule has 1 spiro atoms. The van der Waals surface area contributed by atoms with Crippen molar-refractivity contribution in [2.24, 2.45) is 29.1 Å². The Kier molecular flexibility index (Phi) is 39.2. The summed E-state index contributed by atoms with van der Waals surface area (Å²) < 4.78 is 44.6. The van der Waals surface area contributed by atoms with Gasteiger partial charge in [0, 0.05) is 48.7 Å². The van der Waals surface area contributed by atoms with Gasteiger partial charge in [-0.15, -0.1) is 0 Å². The molecule has 2 heterocycles. The highest BCUT2D eigenvalue weighted by Crippen LogP contribution is 2.26. The Balaban J connectivity index is 2.71. The van der Waals surface area contributed by atoms with Crippen molar-refractivity contribution in [3.05, 3.63) is 0 Å². The number of hydrogen-bond donors (Lipinski definition) is 8. The van der Waals surface area contributed by atoms with Crippen molar-refractivity contribution in [3.63, 3.8) is 0 Å². The number of amides is 8. The second-order valence-corrected chi connectivity index (χ2v) is 28.3. The standard InChI is InChI=1S/C57H96N8O20S4/c1-33(2)21-37-49(70)62-41(53(74)78-9)25-86-87-26-42(54(75)79-10)63-50(71)38(22-34(3)4)59-46(67)14-18-83-30-57(29-82-17-13-45(66)58-37)31-84-19-15-47(68)60-39(23-35(5)6)51(72)64-43(55(76)80-11)27-88-89-28-44(56(77)81-12)65-52(73)40(24-36(7)8)61-48(69)16-20-85-32-57/h33-44H,13-32H2,1-12H3,(H,58,66)(H,59,67)(H,60,68)(H,61,69)(H,62,70)(H,63,71)(H,64,72)(H,65,73)/t37-,38?,39?,40?,41?,42?,43-,44-,57?/m0/s1.